The van der Waals surface area contributed by atoms with E-state index in [9.17, 15) is 4.39 Å². The normalized spacial score (nSPS) is 20.5. The van der Waals surface area contributed by atoms with E-state index < -0.39 is 6.67 Å². The zero-order valence-corrected chi connectivity index (χ0v) is 15.5. The van der Waals surface area contributed by atoms with Gasteiger partial charge in [-0.2, -0.15) is 0 Å². The van der Waals surface area contributed by atoms with E-state index in [2.05, 4.69) is 9.88 Å². The van der Waals surface area contributed by atoms with Crippen LogP contribution in [0.2, 0.25) is 0 Å². The maximum atomic E-state index is 13.2. The quantitative estimate of drug-likeness (QED) is 0.743. The second-order valence-electron chi connectivity index (χ2n) is 7.88. The first-order valence-electron chi connectivity index (χ1n) is 10.1. The zero-order chi connectivity index (χ0) is 17.8. The van der Waals surface area contributed by atoms with Gasteiger partial charge in [0, 0.05) is 36.8 Å². The Labute approximate surface area is 155 Å². The first kappa shape index (κ1) is 17.7. The van der Waals surface area contributed by atoms with Gasteiger partial charge in [0.25, 0.3) is 0 Å². The Morgan fingerprint density at radius 2 is 1.85 bits per heavy atom. The fourth-order valence-electron chi connectivity index (χ4n) is 4.55. The number of piperidine rings is 1. The Balaban J connectivity index is 1.36. The Kier molecular flexibility index (Phi) is 5.68. The third-order valence-electron chi connectivity index (χ3n) is 6.03. The molecule has 1 saturated heterocycles. The highest BCUT2D eigenvalue weighted by molar-refractivity contribution is 5.87. The third kappa shape index (κ3) is 4.01. The van der Waals surface area contributed by atoms with Crippen LogP contribution in [0.3, 0.4) is 0 Å². The lowest BCUT2D eigenvalue weighted by Crippen LogP contribution is -2.40. The summed E-state index contributed by atoms with van der Waals surface area (Å²) in [4.78, 5) is 6.98. The fourth-order valence-corrected chi connectivity index (χ4v) is 4.55. The number of fused-ring (bicyclic) bond motifs is 1. The van der Waals surface area contributed by atoms with E-state index in [-0.39, 0.29) is 6.10 Å². The average Bonchev–Trinajstić information content (AvgIpc) is 2.70. The van der Waals surface area contributed by atoms with Crippen LogP contribution in [-0.2, 0) is 6.67 Å². The van der Waals surface area contributed by atoms with Crippen LogP contribution in [-0.4, -0.2) is 35.6 Å². The molecular weight excluding hydrogens is 327 g/mol. The molecule has 1 aromatic heterocycles. The van der Waals surface area contributed by atoms with Gasteiger partial charge in [-0.15, -0.1) is 0 Å². The summed E-state index contributed by atoms with van der Waals surface area (Å²) in [7, 11) is 0. The largest absolute Gasteiger partial charge is 0.490 e. The summed E-state index contributed by atoms with van der Waals surface area (Å²) >= 11 is 0. The monoisotopic (exact) mass is 356 g/mol. The van der Waals surface area contributed by atoms with Gasteiger partial charge in [0.05, 0.1) is 5.52 Å². The van der Waals surface area contributed by atoms with Crippen LogP contribution in [0, 0.1) is 5.92 Å². The molecule has 0 bridgehead atoms. The molecule has 1 aromatic carbocycles. The molecule has 2 aliphatic rings. The van der Waals surface area contributed by atoms with Gasteiger partial charge in [0.1, 0.15) is 18.5 Å². The highest BCUT2D eigenvalue weighted by atomic mass is 19.1. The summed E-state index contributed by atoms with van der Waals surface area (Å²) in [5.74, 6) is 1.75. The predicted octanol–water partition coefficient (Wildman–Crippen LogP) is 5.13. The average molecular weight is 356 g/mol. The smallest absolute Gasteiger partial charge is 0.130 e. The highest BCUT2D eigenvalue weighted by Crippen LogP contribution is 2.30. The lowest BCUT2D eigenvalue weighted by Gasteiger charge is -2.35. The lowest BCUT2D eigenvalue weighted by atomic mass is 9.88. The maximum Gasteiger partial charge on any atom is 0.130 e. The topological polar surface area (TPSA) is 25.4 Å². The van der Waals surface area contributed by atoms with Crippen molar-refractivity contribution in [2.75, 3.05) is 19.6 Å². The first-order valence-corrected chi connectivity index (χ1v) is 10.1. The van der Waals surface area contributed by atoms with Gasteiger partial charge >= 0.3 is 0 Å². The van der Waals surface area contributed by atoms with E-state index in [1.807, 2.05) is 18.2 Å². The standard InChI is InChI=1S/C22H29FN2O/c23-15-18-7-4-8-20-21(9-12-24-22(18)20)26-19-10-13-25(14-11-19)16-17-5-2-1-3-6-17/h4,7-9,12,17,19H,1-3,5-6,10-11,13-16H2. The molecule has 0 N–H and O–H groups in total. The summed E-state index contributed by atoms with van der Waals surface area (Å²) < 4.78 is 19.5. The number of rotatable bonds is 5. The minimum Gasteiger partial charge on any atom is -0.490 e. The second-order valence-corrected chi connectivity index (χ2v) is 7.88. The van der Waals surface area contributed by atoms with Crippen LogP contribution in [0.1, 0.15) is 50.5 Å². The Hall–Kier alpha value is -1.68. The third-order valence-corrected chi connectivity index (χ3v) is 6.03. The van der Waals surface area contributed by atoms with E-state index in [1.54, 1.807) is 12.3 Å². The number of hydrogen-bond donors (Lipinski definition) is 0. The van der Waals surface area contributed by atoms with Gasteiger partial charge in [-0.1, -0.05) is 31.4 Å². The molecule has 1 saturated carbocycles. The predicted molar refractivity (Wildman–Crippen MR) is 103 cm³/mol. The summed E-state index contributed by atoms with van der Waals surface area (Å²) in [5, 5.41) is 0.923. The molecule has 2 aromatic rings. The van der Waals surface area contributed by atoms with Gasteiger partial charge in [0.15, 0.2) is 0 Å². The minimum absolute atomic E-state index is 0.247. The van der Waals surface area contributed by atoms with Crippen molar-refractivity contribution >= 4 is 10.9 Å². The highest BCUT2D eigenvalue weighted by Gasteiger charge is 2.24. The van der Waals surface area contributed by atoms with Gasteiger partial charge in [-0.25, -0.2) is 4.39 Å². The van der Waals surface area contributed by atoms with E-state index in [4.69, 9.17) is 4.74 Å². The molecule has 0 spiro atoms. The van der Waals surface area contributed by atoms with Crippen molar-refractivity contribution in [1.29, 1.82) is 0 Å². The number of benzene rings is 1. The van der Waals surface area contributed by atoms with Crippen molar-refractivity contribution in [3.05, 3.63) is 36.0 Å². The zero-order valence-electron chi connectivity index (χ0n) is 15.5. The number of ether oxygens (including phenoxy) is 1. The first-order chi connectivity index (χ1) is 12.8. The van der Waals surface area contributed by atoms with Crippen molar-refractivity contribution in [2.24, 2.45) is 5.92 Å². The Morgan fingerprint density at radius 1 is 1.04 bits per heavy atom. The van der Waals surface area contributed by atoms with Gasteiger partial charge < -0.3 is 9.64 Å². The molecule has 1 aliphatic carbocycles. The second kappa shape index (κ2) is 8.34. The minimum atomic E-state index is -0.493. The van der Waals surface area contributed by atoms with E-state index in [0.717, 1.165) is 48.5 Å². The van der Waals surface area contributed by atoms with Crippen LogP contribution in [0.25, 0.3) is 10.9 Å². The summed E-state index contributed by atoms with van der Waals surface area (Å²) in [5.41, 5.74) is 1.36. The van der Waals surface area contributed by atoms with Crippen molar-refractivity contribution in [2.45, 2.75) is 57.7 Å². The molecule has 4 heteroatoms. The van der Waals surface area contributed by atoms with Gasteiger partial charge in [-0.3, -0.25) is 4.98 Å². The Morgan fingerprint density at radius 3 is 2.62 bits per heavy atom. The van der Waals surface area contributed by atoms with E-state index in [1.165, 1.54) is 38.6 Å². The van der Waals surface area contributed by atoms with Crippen LogP contribution in [0.4, 0.5) is 4.39 Å². The van der Waals surface area contributed by atoms with Crippen LogP contribution >= 0.6 is 0 Å². The summed E-state index contributed by atoms with van der Waals surface area (Å²) in [6.07, 6.45) is 11.2. The molecule has 26 heavy (non-hydrogen) atoms. The number of likely N-dealkylation sites (tertiary alicyclic amines) is 1. The van der Waals surface area contributed by atoms with E-state index >= 15 is 0 Å². The van der Waals surface area contributed by atoms with E-state index in [0.29, 0.717) is 5.56 Å². The number of hydrogen-bond acceptors (Lipinski definition) is 3. The molecule has 0 radical (unpaired) electrons. The number of pyridine rings is 1. The van der Waals surface area contributed by atoms with Crippen LogP contribution in [0.15, 0.2) is 30.5 Å². The van der Waals surface area contributed by atoms with Crippen LogP contribution < -0.4 is 4.74 Å². The lowest BCUT2D eigenvalue weighted by molar-refractivity contribution is 0.0873. The van der Waals surface area contributed by atoms with Crippen molar-refractivity contribution in [3.8, 4) is 5.75 Å². The maximum absolute atomic E-state index is 13.2. The fraction of sp³-hybridized carbons (Fsp3) is 0.591. The molecule has 2 fully saturated rings. The molecular formula is C22H29FN2O. The van der Waals surface area contributed by atoms with Crippen LogP contribution in [0.5, 0.6) is 5.75 Å². The number of aromatic nitrogens is 1. The molecule has 140 valence electrons. The molecule has 0 atom stereocenters. The molecule has 1 aliphatic heterocycles. The van der Waals surface area contributed by atoms with Crippen molar-refractivity contribution in [3.63, 3.8) is 0 Å². The summed E-state index contributed by atoms with van der Waals surface area (Å²) in [6, 6.07) is 7.58. The van der Waals surface area contributed by atoms with Gasteiger partial charge in [-0.05, 0) is 43.7 Å². The number of alkyl halides is 1. The van der Waals surface area contributed by atoms with Crippen molar-refractivity contribution < 1.29 is 9.13 Å². The number of para-hydroxylation sites is 1. The Bertz CT molecular complexity index is 721. The molecule has 3 nitrogen and oxygen atoms in total. The SMILES string of the molecule is FCc1cccc2c(OC3CCN(CC4CCCCC4)CC3)ccnc12. The van der Waals surface area contributed by atoms with Gasteiger partial charge in [0.2, 0.25) is 0 Å². The summed E-state index contributed by atoms with van der Waals surface area (Å²) in [6.45, 7) is 3.03. The van der Waals surface area contributed by atoms with Crippen molar-refractivity contribution in [1.82, 2.24) is 9.88 Å². The molecule has 4 rings (SSSR count). The molecule has 0 amide bonds. The molecule has 0 unspecified atom stereocenters. The molecule has 2 heterocycles. The number of nitrogens with zero attached hydrogens (tertiary/aromatic N) is 2. The number of halogens is 1.